The van der Waals surface area contributed by atoms with E-state index < -0.39 is 0 Å². The van der Waals surface area contributed by atoms with Gasteiger partial charge in [-0.25, -0.2) is 0 Å². The largest absolute Gasteiger partial charge is 0.487 e. The summed E-state index contributed by atoms with van der Waals surface area (Å²) in [6, 6.07) is 14.2. The van der Waals surface area contributed by atoms with E-state index in [1.165, 1.54) is 5.56 Å². The molecular weight excluding hydrogens is 352 g/mol. The van der Waals surface area contributed by atoms with Crippen molar-refractivity contribution in [2.75, 3.05) is 14.1 Å². The Kier molecular flexibility index (Phi) is 5.10. The van der Waals surface area contributed by atoms with E-state index in [1.54, 1.807) is 17.3 Å². The Morgan fingerprint density at radius 1 is 1.21 bits per heavy atom. The zero-order chi connectivity index (χ0) is 19.5. The molecule has 0 radical (unpaired) electrons. The van der Waals surface area contributed by atoms with Gasteiger partial charge in [-0.1, -0.05) is 24.3 Å². The number of aromatic amines is 1. The molecule has 1 aliphatic carbocycles. The molecule has 1 saturated carbocycles. The zero-order valence-corrected chi connectivity index (χ0v) is 16.1. The average Bonchev–Trinajstić information content (AvgIpc) is 3.20. The van der Waals surface area contributed by atoms with Gasteiger partial charge in [0.1, 0.15) is 12.4 Å². The lowest BCUT2D eigenvalue weighted by Gasteiger charge is -2.36. The Balaban J connectivity index is 1.34. The van der Waals surface area contributed by atoms with Gasteiger partial charge < -0.3 is 9.64 Å². The summed E-state index contributed by atoms with van der Waals surface area (Å²) in [5.41, 5.74) is 4.12. The second kappa shape index (κ2) is 7.84. The van der Waals surface area contributed by atoms with E-state index >= 15 is 0 Å². The zero-order valence-electron chi connectivity index (χ0n) is 16.1. The number of rotatable bonds is 6. The van der Waals surface area contributed by atoms with Crippen LogP contribution in [-0.2, 0) is 11.4 Å². The van der Waals surface area contributed by atoms with Crippen molar-refractivity contribution in [3.8, 4) is 17.1 Å². The second-order valence-electron chi connectivity index (χ2n) is 7.48. The Morgan fingerprint density at radius 2 is 2.07 bits per heavy atom. The van der Waals surface area contributed by atoms with E-state index in [-0.39, 0.29) is 11.8 Å². The highest BCUT2D eigenvalue weighted by atomic mass is 16.5. The molecule has 1 aromatic carbocycles. The minimum absolute atomic E-state index is 0.166. The smallest absolute Gasteiger partial charge is 0.225 e. The van der Waals surface area contributed by atoms with Gasteiger partial charge in [0.2, 0.25) is 5.91 Å². The van der Waals surface area contributed by atoms with Crippen LogP contribution in [0.15, 0.2) is 54.9 Å². The van der Waals surface area contributed by atoms with Gasteiger partial charge in [-0.3, -0.25) is 14.9 Å². The van der Waals surface area contributed by atoms with Crippen LogP contribution in [0.25, 0.3) is 11.4 Å². The van der Waals surface area contributed by atoms with Crippen molar-refractivity contribution < 1.29 is 9.53 Å². The van der Waals surface area contributed by atoms with Crippen molar-refractivity contribution >= 4 is 5.91 Å². The molecule has 0 spiro atoms. The highest BCUT2D eigenvalue weighted by molar-refractivity contribution is 5.79. The third-order valence-electron chi connectivity index (χ3n) is 5.27. The number of H-pyrrole nitrogens is 1. The fraction of sp³-hybridized carbons (Fsp3) is 0.318. The Morgan fingerprint density at radius 3 is 2.75 bits per heavy atom. The van der Waals surface area contributed by atoms with Crippen LogP contribution in [0.1, 0.15) is 29.9 Å². The molecule has 1 N–H and O–H groups in total. The minimum atomic E-state index is 0.166. The van der Waals surface area contributed by atoms with E-state index in [1.807, 2.05) is 32.3 Å². The molecule has 1 amide bonds. The number of pyridine rings is 1. The van der Waals surface area contributed by atoms with Crippen LogP contribution in [0, 0.1) is 5.92 Å². The third kappa shape index (κ3) is 3.91. The van der Waals surface area contributed by atoms with Crippen LogP contribution < -0.4 is 4.74 Å². The highest BCUT2D eigenvalue weighted by Crippen LogP contribution is 2.42. The predicted octanol–water partition coefficient (Wildman–Crippen LogP) is 3.63. The topological polar surface area (TPSA) is 71.1 Å². The lowest BCUT2D eigenvalue weighted by atomic mass is 9.70. The Labute approximate surface area is 164 Å². The molecule has 1 fully saturated rings. The summed E-state index contributed by atoms with van der Waals surface area (Å²) < 4.78 is 5.89. The number of benzene rings is 1. The molecule has 0 saturated heterocycles. The van der Waals surface area contributed by atoms with E-state index in [0.29, 0.717) is 12.5 Å². The molecule has 144 valence electrons. The molecule has 4 rings (SSSR count). The Bertz CT molecular complexity index is 929. The number of nitrogens with one attached hydrogen (secondary N) is 1. The number of hydrogen-bond donors (Lipinski definition) is 1. The number of hydrogen-bond acceptors (Lipinski definition) is 4. The summed E-state index contributed by atoms with van der Waals surface area (Å²) in [5, 5.41) is 6.83. The molecule has 2 aromatic heterocycles. The fourth-order valence-corrected chi connectivity index (χ4v) is 3.58. The van der Waals surface area contributed by atoms with Gasteiger partial charge in [0.05, 0.1) is 17.6 Å². The molecule has 6 nitrogen and oxygen atoms in total. The summed E-state index contributed by atoms with van der Waals surface area (Å²) in [4.78, 5) is 18.1. The number of aromatic nitrogens is 3. The molecule has 0 unspecified atom stereocenters. The third-order valence-corrected chi connectivity index (χ3v) is 5.27. The van der Waals surface area contributed by atoms with Crippen molar-refractivity contribution in [3.63, 3.8) is 0 Å². The summed E-state index contributed by atoms with van der Waals surface area (Å²) >= 11 is 0. The van der Waals surface area contributed by atoms with E-state index in [0.717, 1.165) is 35.5 Å². The predicted molar refractivity (Wildman–Crippen MR) is 107 cm³/mol. The molecule has 0 bridgehead atoms. The Hall–Kier alpha value is -3.15. The first-order valence-corrected chi connectivity index (χ1v) is 9.49. The highest BCUT2D eigenvalue weighted by Gasteiger charge is 2.36. The maximum atomic E-state index is 12.0. The quantitative estimate of drug-likeness (QED) is 0.713. The van der Waals surface area contributed by atoms with Crippen LogP contribution in [0.4, 0.5) is 0 Å². The van der Waals surface area contributed by atoms with Crippen molar-refractivity contribution in [1.29, 1.82) is 0 Å². The molecule has 6 heteroatoms. The minimum Gasteiger partial charge on any atom is -0.487 e. The maximum Gasteiger partial charge on any atom is 0.225 e. The van der Waals surface area contributed by atoms with Gasteiger partial charge in [-0.2, -0.15) is 5.10 Å². The van der Waals surface area contributed by atoms with Gasteiger partial charge in [0.25, 0.3) is 0 Å². The number of carbonyl (C=O) groups is 1. The van der Waals surface area contributed by atoms with Crippen molar-refractivity contribution in [2.45, 2.75) is 25.4 Å². The first-order valence-electron chi connectivity index (χ1n) is 9.49. The molecule has 3 aromatic rings. The summed E-state index contributed by atoms with van der Waals surface area (Å²) in [5.74, 6) is 1.60. The van der Waals surface area contributed by atoms with Gasteiger partial charge in [0.15, 0.2) is 0 Å². The number of nitrogens with zero attached hydrogens (tertiary/aromatic N) is 3. The van der Waals surface area contributed by atoms with Crippen LogP contribution in [0.2, 0.25) is 0 Å². The summed E-state index contributed by atoms with van der Waals surface area (Å²) in [6.45, 7) is 0.492. The average molecular weight is 376 g/mol. The first-order chi connectivity index (χ1) is 13.6. The van der Waals surface area contributed by atoms with Crippen LogP contribution in [0.3, 0.4) is 0 Å². The number of amides is 1. The molecule has 2 heterocycles. The van der Waals surface area contributed by atoms with Crippen molar-refractivity contribution in [3.05, 3.63) is 66.0 Å². The van der Waals surface area contributed by atoms with Crippen molar-refractivity contribution in [2.24, 2.45) is 5.92 Å². The van der Waals surface area contributed by atoms with E-state index in [9.17, 15) is 4.79 Å². The summed E-state index contributed by atoms with van der Waals surface area (Å²) in [7, 11) is 3.65. The summed E-state index contributed by atoms with van der Waals surface area (Å²) in [6.07, 6.45) is 5.29. The fourth-order valence-electron chi connectivity index (χ4n) is 3.58. The molecule has 0 aliphatic heterocycles. The molecule has 28 heavy (non-hydrogen) atoms. The van der Waals surface area contributed by atoms with Crippen LogP contribution in [-0.4, -0.2) is 40.1 Å². The molecule has 1 aliphatic rings. The monoisotopic (exact) mass is 376 g/mol. The van der Waals surface area contributed by atoms with Crippen LogP contribution >= 0.6 is 0 Å². The maximum absolute atomic E-state index is 12.0. The van der Waals surface area contributed by atoms with Gasteiger partial charge in [-0.05, 0) is 48.1 Å². The standard InChI is InChI=1S/C22H24N4O2/c1-26(2)22(27)18-11-17(12-18)16-5-3-4-15(10-16)14-28-19-6-7-20(23-13-19)21-8-9-24-25-21/h3-10,13,17-18H,11-12,14H2,1-2H3,(H,24,25). The SMILES string of the molecule is CN(C)C(=O)C1CC(c2cccc(COc3ccc(-c4ccn[nH]4)nc3)c2)C1. The van der Waals surface area contributed by atoms with E-state index in [4.69, 9.17) is 4.74 Å². The number of ether oxygens (including phenoxy) is 1. The lowest BCUT2D eigenvalue weighted by Crippen LogP contribution is -2.37. The van der Waals surface area contributed by atoms with Gasteiger partial charge >= 0.3 is 0 Å². The normalized spacial score (nSPS) is 18.4. The molecule has 0 atom stereocenters. The van der Waals surface area contributed by atoms with Crippen molar-refractivity contribution in [1.82, 2.24) is 20.1 Å². The number of carbonyl (C=O) groups excluding carboxylic acids is 1. The second-order valence-corrected chi connectivity index (χ2v) is 7.48. The van der Waals surface area contributed by atoms with E-state index in [2.05, 4.69) is 39.4 Å². The first kappa shape index (κ1) is 18.2. The lowest BCUT2D eigenvalue weighted by molar-refractivity contribution is -0.136. The van der Waals surface area contributed by atoms with Crippen LogP contribution in [0.5, 0.6) is 5.75 Å². The van der Waals surface area contributed by atoms with Gasteiger partial charge in [0, 0.05) is 26.2 Å². The van der Waals surface area contributed by atoms with Gasteiger partial charge in [-0.15, -0.1) is 0 Å². The molecular formula is C22H24N4O2.